The number of benzene rings is 1. The molecule has 0 heterocycles. The van der Waals surface area contributed by atoms with Crippen LogP contribution in [-0.4, -0.2) is 39.1 Å². The fourth-order valence-electron chi connectivity index (χ4n) is 1.55. The lowest BCUT2D eigenvalue weighted by molar-refractivity contribution is 0.416. The van der Waals surface area contributed by atoms with Gasteiger partial charge in [0.15, 0.2) is 0 Å². The summed E-state index contributed by atoms with van der Waals surface area (Å²) in [5.74, 6) is 0. The maximum absolute atomic E-state index is 8.72. The molecule has 0 aliphatic heterocycles. The summed E-state index contributed by atoms with van der Waals surface area (Å²) in [6.07, 6.45) is 0.362. The summed E-state index contributed by atoms with van der Waals surface area (Å²) in [6.45, 7) is 1.94. The smallest absolute Gasteiger partial charge is 0.0670 e. The van der Waals surface area contributed by atoms with E-state index < -0.39 is 0 Å². The number of nitrogen functional groups attached to an aromatic ring is 1. The minimum atomic E-state index is 0.362. The second-order valence-corrected chi connectivity index (χ2v) is 4.44. The van der Waals surface area contributed by atoms with Gasteiger partial charge in [0.2, 0.25) is 0 Å². The molecule has 92 valence electrons. The highest BCUT2D eigenvalue weighted by Crippen LogP contribution is 2.20. The van der Waals surface area contributed by atoms with Crippen molar-refractivity contribution in [1.82, 2.24) is 4.90 Å². The van der Waals surface area contributed by atoms with Crippen molar-refractivity contribution in [1.29, 1.82) is 5.26 Å². The second kappa shape index (κ2) is 6.12. The van der Waals surface area contributed by atoms with E-state index in [4.69, 9.17) is 11.0 Å². The summed E-state index contributed by atoms with van der Waals surface area (Å²) in [7, 11) is 6.15. The number of likely N-dealkylation sites (N-methyl/N-ethyl adjacent to an activating group) is 2. The summed E-state index contributed by atoms with van der Waals surface area (Å²) >= 11 is 0. The average molecular weight is 232 g/mol. The third-order valence-corrected chi connectivity index (χ3v) is 2.72. The zero-order valence-electron chi connectivity index (χ0n) is 10.8. The second-order valence-electron chi connectivity index (χ2n) is 4.44. The first-order chi connectivity index (χ1) is 8.04. The van der Waals surface area contributed by atoms with Crippen molar-refractivity contribution in [2.24, 2.45) is 0 Å². The lowest BCUT2D eigenvalue weighted by atomic mass is 10.1. The van der Waals surface area contributed by atoms with E-state index in [1.54, 1.807) is 0 Å². The van der Waals surface area contributed by atoms with E-state index >= 15 is 0 Å². The average Bonchev–Trinajstić information content (AvgIpc) is 2.29. The highest BCUT2D eigenvalue weighted by molar-refractivity contribution is 5.58. The van der Waals surface area contributed by atoms with Gasteiger partial charge in [-0.3, -0.25) is 0 Å². The third-order valence-electron chi connectivity index (χ3n) is 2.72. The number of hydrogen-bond acceptors (Lipinski definition) is 4. The Morgan fingerprint density at radius 1 is 1.24 bits per heavy atom. The van der Waals surface area contributed by atoms with Crippen molar-refractivity contribution in [3.8, 4) is 6.07 Å². The highest BCUT2D eigenvalue weighted by Gasteiger charge is 2.05. The molecule has 0 aromatic heterocycles. The monoisotopic (exact) mass is 232 g/mol. The zero-order valence-corrected chi connectivity index (χ0v) is 10.8. The topological polar surface area (TPSA) is 56.3 Å². The van der Waals surface area contributed by atoms with Gasteiger partial charge < -0.3 is 15.5 Å². The van der Waals surface area contributed by atoms with E-state index in [1.807, 2.05) is 25.2 Å². The SMILES string of the molecule is CN(C)CCN(C)c1ccc(N)c(CC#N)c1. The molecule has 0 amide bonds. The van der Waals surface area contributed by atoms with Crippen molar-refractivity contribution in [3.63, 3.8) is 0 Å². The Hall–Kier alpha value is -1.73. The highest BCUT2D eigenvalue weighted by atomic mass is 15.1. The lowest BCUT2D eigenvalue weighted by Gasteiger charge is -2.22. The van der Waals surface area contributed by atoms with Crippen LogP contribution in [-0.2, 0) is 6.42 Å². The molecule has 0 aliphatic carbocycles. The minimum absolute atomic E-state index is 0.362. The molecule has 1 aromatic carbocycles. The van der Waals surface area contributed by atoms with Gasteiger partial charge in [0.05, 0.1) is 12.5 Å². The van der Waals surface area contributed by atoms with Crippen LogP contribution >= 0.6 is 0 Å². The molecule has 0 atom stereocenters. The number of nitrogens with zero attached hydrogens (tertiary/aromatic N) is 3. The molecule has 4 heteroatoms. The summed E-state index contributed by atoms with van der Waals surface area (Å²) in [6, 6.07) is 7.99. The Kier molecular flexibility index (Phi) is 4.80. The molecule has 0 aliphatic rings. The van der Waals surface area contributed by atoms with Gasteiger partial charge in [-0.1, -0.05) is 0 Å². The molecule has 0 unspecified atom stereocenters. The quantitative estimate of drug-likeness (QED) is 0.778. The normalized spacial score (nSPS) is 10.3. The van der Waals surface area contributed by atoms with Crippen LogP contribution < -0.4 is 10.6 Å². The Bertz CT molecular complexity index is 406. The van der Waals surface area contributed by atoms with E-state index in [-0.39, 0.29) is 0 Å². The number of nitriles is 1. The molecule has 0 saturated heterocycles. The van der Waals surface area contributed by atoms with Gasteiger partial charge in [-0.05, 0) is 37.9 Å². The molecule has 0 spiro atoms. The number of hydrogen-bond donors (Lipinski definition) is 1. The zero-order chi connectivity index (χ0) is 12.8. The van der Waals surface area contributed by atoms with E-state index in [0.29, 0.717) is 12.1 Å². The predicted octanol–water partition coefficient (Wildman–Crippen LogP) is 1.33. The molecular weight excluding hydrogens is 212 g/mol. The molecule has 17 heavy (non-hydrogen) atoms. The third kappa shape index (κ3) is 3.97. The molecule has 0 saturated carbocycles. The number of rotatable bonds is 5. The summed E-state index contributed by atoms with van der Waals surface area (Å²) in [4.78, 5) is 4.31. The van der Waals surface area contributed by atoms with Crippen molar-refractivity contribution in [3.05, 3.63) is 23.8 Å². The Balaban J connectivity index is 2.77. The standard InChI is InChI=1S/C13H20N4/c1-16(2)8-9-17(3)12-4-5-13(15)11(10-12)6-7-14/h4-5,10H,6,8-9,15H2,1-3H3. The van der Waals surface area contributed by atoms with E-state index in [2.05, 4.69) is 30.0 Å². The minimum Gasteiger partial charge on any atom is -0.398 e. The van der Waals surface area contributed by atoms with Gasteiger partial charge in [0.25, 0.3) is 0 Å². The first-order valence-electron chi connectivity index (χ1n) is 5.66. The molecule has 0 bridgehead atoms. The first kappa shape index (κ1) is 13.3. The van der Waals surface area contributed by atoms with Crippen LogP contribution in [0.3, 0.4) is 0 Å². The fourth-order valence-corrected chi connectivity index (χ4v) is 1.55. The van der Waals surface area contributed by atoms with Crippen LogP contribution in [0.25, 0.3) is 0 Å². The van der Waals surface area contributed by atoms with E-state index in [9.17, 15) is 0 Å². The summed E-state index contributed by atoms with van der Waals surface area (Å²) < 4.78 is 0. The van der Waals surface area contributed by atoms with E-state index in [1.165, 1.54) is 0 Å². The van der Waals surface area contributed by atoms with Gasteiger partial charge in [-0.2, -0.15) is 5.26 Å². The van der Waals surface area contributed by atoms with Crippen molar-refractivity contribution < 1.29 is 0 Å². The van der Waals surface area contributed by atoms with Crippen LogP contribution in [0, 0.1) is 11.3 Å². The fraction of sp³-hybridized carbons (Fsp3) is 0.462. The predicted molar refractivity (Wildman–Crippen MR) is 72.0 cm³/mol. The van der Waals surface area contributed by atoms with Gasteiger partial charge in [0.1, 0.15) is 0 Å². The Morgan fingerprint density at radius 3 is 2.53 bits per heavy atom. The molecular formula is C13H20N4. The summed E-state index contributed by atoms with van der Waals surface area (Å²) in [5.41, 5.74) is 8.52. The van der Waals surface area contributed by atoms with Gasteiger partial charge >= 0.3 is 0 Å². The molecule has 4 nitrogen and oxygen atoms in total. The largest absolute Gasteiger partial charge is 0.398 e. The summed E-state index contributed by atoms with van der Waals surface area (Å²) in [5, 5.41) is 8.72. The Morgan fingerprint density at radius 2 is 1.94 bits per heavy atom. The number of nitrogens with two attached hydrogens (primary N) is 1. The van der Waals surface area contributed by atoms with Crippen LogP contribution in [0.5, 0.6) is 0 Å². The molecule has 2 N–H and O–H groups in total. The molecule has 1 rings (SSSR count). The molecule has 1 aromatic rings. The van der Waals surface area contributed by atoms with Gasteiger partial charge in [-0.25, -0.2) is 0 Å². The Labute approximate surface area is 103 Å². The van der Waals surface area contributed by atoms with Crippen LogP contribution in [0.15, 0.2) is 18.2 Å². The lowest BCUT2D eigenvalue weighted by Crippen LogP contribution is -2.28. The van der Waals surface area contributed by atoms with Crippen LogP contribution in [0.1, 0.15) is 5.56 Å². The first-order valence-corrected chi connectivity index (χ1v) is 5.66. The van der Waals surface area contributed by atoms with Gasteiger partial charge in [-0.15, -0.1) is 0 Å². The van der Waals surface area contributed by atoms with Crippen LogP contribution in [0.2, 0.25) is 0 Å². The van der Waals surface area contributed by atoms with Crippen molar-refractivity contribution >= 4 is 11.4 Å². The molecule has 0 fully saturated rings. The van der Waals surface area contributed by atoms with Crippen LogP contribution in [0.4, 0.5) is 11.4 Å². The maximum atomic E-state index is 8.72. The van der Waals surface area contributed by atoms with E-state index in [0.717, 1.165) is 24.3 Å². The molecule has 0 radical (unpaired) electrons. The van der Waals surface area contributed by atoms with Crippen molar-refractivity contribution in [2.45, 2.75) is 6.42 Å². The number of anilines is 2. The van der Waals surface area contributed by atoms with Gasteiger partial charge in [0, 0.05) is 31.5 Å². The maximum Gasteiger partial charge on any atom is 0.0670 e. The van der Waals surface area contributed by atoms with Crippen molar-refractivity contribution in [2.75, 3.05) is 44.9 Å².